The lowest BCUT2D eigenvalue weighted by Gasteiger charge is -2.11. The Balaban J connectivity index is 2.22. The summed E-state index contributed by atoms with van der Waals surface area (Å²) in [4.78, 5) is 4.30. The van der Waals surface area contributed by atoms with Crippen LogP contribution in [0.5, 0.6) is 0 Å². The predicted octanol–water partition coefficient (Wildman–Crippen LogP) is 2.36. The van der Waals surface area contributed by atoms with Gasteiger partial charge in [0.25, 0.3) is 0 Å². The molecule has 1 N–H and O–H groups in total. The van der Waals surface area contributed by atoms with E-state index in [4.69, 9.17) is 4.52 Å². The Morgan fingerprint density at radius 2 is 2.18 bits per heavy atom. The molecule has 2 aromatic heterocycles. The Bertz CT molecular complexity index is 479. The molecule has 0 spiro atoms. The van der Waals surface area contributed by atoms with Crippen molar-refractivity contribution >= 4 is 5.95 Å². The minimum Gasteiger partial charge on any atom is -0.361 e. The third-order valence-corrected chi connectivity index (χ3v) is 2.64. The minimum absolute atomic E-state index is 0.362. The number of anilines is 1. The van der Waals surface area contributed by atoms with Gasteiger partial charge in [0.1, 0.15) is 5.76 Å². The first kappa shape index (κ1) is 11.7. The standard InChI is InChI=1S/C12H18N4O/c1-8(2)14-12-13-5-6-16(12)7-11-9(3)15-17-10(11)4/h5-6,8H,7H2,1-4H3,(H,13,14). The van der Waals surface area contributed by atoms with E-state index in [1.165, 1.54) is 0 Å². The van der Waals surface area contributed by atoms with Gasteiger partial charge in [0.15, 0.2) is 0 Å². The highest BCUT2D eigenvalue weighted by Gasteiger charge is 2.11. The zero-order valence-corrected chi connectivity index (χ0v) is 10.7. The van der Waals surface area contributed by atoms with Crippen LogP contribution in [0.25, 0.3) is 0 Å². The van der Waals surface area contributed by atoms with Crippen LogP contribution >= 0.6 is 0 Å². The molecule has 2 aromatic rings. The van der Waals surface area contributed by atoms with Crippen LogP contribution in [-0.2, 0) is 6.54 Å². The summed E-state index contributed by atoms with van der Waals surface area (Å²) in [6.07, 6.45) is 3.75. The smallest absolute Gasteiger partial charge is 0.203 e. The lowest BCUT2D eigenvalue weighted by atomic mass is 10.2. The predicted molar refractivity (Wildman–Crippen MR) is 66.1 cm³/mol. The summed E-state index contributed by atoms with van der Waals surface area (Å²) in [5, 5.41) is 7.26. The molecule has 2 heterocycles. The highest BCUT2D eigenvalue weighted by molar-refractivity contribution is 5.30. The zero-order valence-electron chi connectivity index (χ0n) is 10.7. The number of aryl methyl sites for hydroxylation is 2. The maximum absolute atomic E-state index is 5.16. The highest BCUT2D eigenvalue weighted by atomic mass is 16.5. The number of hydrogen-bond acceptors (Lipinski definition) is 4. The van der Waals surface area contributed by atoms with Crippen molar-refractivity contribution in [2.75, 3.05) is 5.32 Å². The Morgan fingerprint density at radius 3 is 2.76 bits per heavy atom. The Morgan fingerprint density at radius 1 is 1.41 bits per heavy atom. The first-order valence-electron chi connectivity index (χ1n) is 5.77. The Labute approximate surface area is 101 Å². The van der Waals surface area contributed by atoms with Gasteiger partial charge in [-0.2, -0.15) is 0 Å². The number of nitrogens with one attached hydrogen (secondary N) is 1. The van der Waals surface area contributed by atoms with Crippen LogP contribution in [-0.4, -0.2) is 20.7 Å². The average molecular weight is 234 g/mol. The van der Waals surface area contributed by atoms with Crippen molar-refractivity contribution in [1.29, 1.82) is 0 Å². The lowest BCUT2D eigenvalue weighted by Crippen LogP contribution is -2.15. The zero-order chi connectivity index (χ0) is 12.4. The number of rotatable bonds is 4. The van der Waals surface area contributed by atoms with Gasteiger partial charge < -0.3 is 14.4 Å². The Hall–Kier alpha value is -1.78. The SMILES string of the molecule is Cc1noc(C)c1Cn1ccnc1NC(C)C. The van der Waals surface area contributed by atoms with Crippen LogP contribution < -0.4 is 5.32 Å². The molecular formula is C12H18N4O. The first-order chi connectivity index (χ1) is 8.08. The molecule has 0 saturated heterocycles. The van der Waals surface area contributed by atoms with Gasteiger partial charge in [0, 0.05) is 24.0 Å². The van der Waals surface area contributed by atoms with Crippen molar-refractivity contribution in [3.63, 3.8) is 0 Å². The Kier molecular flexibility index (Phi) is 3.17. The van der Waals surface area contributed by atoms with Gasteiger partial charge >= 0.3 is 0 Å². The van der Waals surface area contributed by atoms with Crippen LogP contribution in [0.1, 0.15) is 30.9 Å². The molecule has 0 saturated carbocycles. The molecule has 0 unspecified atom stereocenters. The first-order valence-corrected chi connectivity index (χ1v) is 5.77. The van der Waals surface area contributed by atoms with Crippen molar-refractivity contribution in [3.05, 3.63) is 29.4 Å². The topological polar surface area (TPSA) is 55.9 Å². The molecule has 0 aliphatic heterocycles. The van der Waals surface area contributed by atoms with E-state index in [9.17, 15) is 0 Å². The molecule has 0 aliphatic carbocycles. The summed E-state index contributed by atoms with van der Waals surface area (Å²) in [6.45, 7) is 8.81. The maximum Gasteiger partial charge on any atom is 0.203 e. The number of imidazole rings is 1. The normalized spacial score (nSPS) is 11.1. The monoisotopic (exact) mass is 234 g/mol. The van der Waals surface area contributed by atoms with Crippen molar-refractivity contribution in [1.82, 2.24) is 14.7 Å². The molecule has 0 aromatic carbocycles. The minimum atomic E-state index is 0.362. The van der Waals surface area contributed by atoms with E-state index in [0.717, 1.165) is 29.5 Å². The van der Waals surface area contributed by atoms with Gasteiger partial charge in [-0.15, -0.1) is 0 Å². The fourth-order valence-corrected chi connectivity index (χ4v) is 1.73. The van der Waals surface area contributed by atoms with Gasteiger partial charge in [-0.3, -0.25) is 0 Å². The summed E-state index contributed by atoms with van der Waals surface area (Å²) in [7, 11) is 0. The molecule has 5 heteroatoms. The summed E-state index contributed by atoms with van der Waals surface area (Å²) >= 11 is 0. The molecule has 2 rings (SSSR count). The van der Waals surface area contributed by atoms with Crippen molar-refractivity contribution < 1.29 is 4.52 Å². The second kappa shape index (κ2) is 4.61. The molecule has 0 aliphatic rings. The van der Waals surface area contributed by atoms with Crippen LogP contribution in [0.15, 0.2) is 16.9 Å². The van der Waals surface area contributed by atoms with E-state index < -0.39 is 0 Å². The van der Waals surface area contributed by atoms with Gasteiger partial charge in [-0.05, 0) is 27.7 Å². The highest BCUT2D eigenvalue weighted by Crippen LogP contribution is 2.16. The summed E-state index contributed by atoms with van der Waals surface area (Å²) in [6, 6.07) is 0.362. The molecule has 0 fully saturated rings. The van der Waals surface area contributed by atoms with E-state index in [0.29, 0.717) is 6.04 Å². The summed E-state index contributed by atoms with van der Waals surface area (Å²) < 4.78 is 7.22. The van der Waals surface area contributed by atoms with E-state index in [-0.39, 0.29) is 0 Å². The van der Waals surface area contributed by atoms with Crippen molar-refractivity contribution in [3.8, 4) is 0 Å². The van der Waals surface area contributed by atoms with Gasteiger partial charge in [-0.1, -0.05) is 5.16 Å². The number of hydrogen-bond donors (Lipinski definition) is 1. The maximum atomic E-state index is 5.16. The second-order valence-electron chi connectivity index (χ2n) is 4.48. The van der Waals surface area contributed by atoms with Crippen LogP contribution in [0.3, 0.4) is 0 Å². The van der Waals surface area contributed by atoms with Crippen molar-refractivity contribution in [2.45, 2.75) is 40.3 Å². The number of aromatic nitrogens is 3. The lowest BCUT2D eigenvalue weighted by molar-refractivity contribution is 0.392. The third kappa shape index (κ3) is 2.49. The summed E-state index contributed by atoms with van der Waals surface area (Å²) in [5.41, 5.74) is 2.06. The largest absolute Gasteiger partial charge is 0.361 e. The van der Waals surface area contributed by atoms with E-state index in [1.807, 2.05) is 20.0 Å². The van der Waals surface area contributed by atoms with Gasteiger partial charge in [-0.25, -0.2) is 4.98 Å². The molecule has 17 heavy (non-hydrogen) atoms. The molecule has 0 bridgehead atoms. The van der Waals surface area contributed by atoms with E-state index in [2.05, 4.69) is 33.9 Å². The fourth-order valence-electron chi connectivity index (χ4n) is 1.73. The second-order valence-corrected chi connectivity index (χ2v) is 4.48. The molecule has 92 valence electrons. The summed E-state index contributed by atoms with van der Waals surface area (Å²) in [5.74, 6) is 1.74. The van der Waals surface area contributed by atoms with Gasteiger partial charge in [0.05, 0.1) is 12.2 Å². The fraction of sp³-hybridized carbons (Fsp3) is 0.500. The molecule has 0 amide bonds. The van der Waals surface area contributed by atoms with Gasteiger partial charge in [0.2, 0.25) is 5.95 Å². The van der Waals surface area contributed by atoms with Crippen molar-refractivity contribution in [2.24, 2.45) is 0 Å². The van der Waals surface area contributed by atoms with E-state index >= 15 is 0 Å². The van der Waals surface area contributed by atoms with E-state index in [1.54, 1.807) is 6.20 Å². The van der Waals surface area contributed by atoms with Crippen LogP contribution in [0.2, 0.25) is 0 Å². The van der Waals surface area contributed by atoms with Crippen LogP contribution in [0, 0.1) is 13.8 Å². The molecule has 0 radical (unpaired) electrons. The molecule has 0 atom stereocenters. The third-order valence-electron chi connectivity index (χ3n) is 2.64. The number of nitrogens with zero attached hydrogens (tertiary/aromatic N) is 3. The quantitative estimate of drug-likeness (QED) is 0.882. The average Bonchev–Trinajstić information content (AvgIpc) is 2.80. The molecule has 5 nitrogen and oxygen atoms in total. The molecular weight excluding hydrogens is 216 g/mol. The van der Waals surface area contributed by atoms with Crippen LogP contribution in [0.4, 0.5) is 5.95 Å².